The third-order valence-electron chi connectivity index (χ3n) is 3.44. The third kappa shape index (κ3) is 3.92. The smallest absolute Gasteiger partial charge is 0.334 e. The first kappa shape index (κ1) is 15.7. The number of hydrogen-bond donors (Lipinski definition) is 1. The van der Waals surface area contributed by atoms with Crippen molar-refractivity contribution in [3.05, 3.63) is 20.7 Å². The number of nitrogens with zero attached hydrogens (tertiary/aromatic N) is 2. The van der Waals surface area contributed by atoms with Crippen molar-refractivity contribution in [1.82, 2.24) is 9.47 Å². The summed E-state index contributed by atoms with van der Waals surface area (Å²) in [6.45, 7) is 3.11. The number of ether oxygens (including phenoxy) is 1. The third-order valence-corrected chi connectivity index (χ3v) is 4.32. The molecule has 0 saturated carbocycles. The number of aliphatic carboxylic acids is 1. The number of carboxylic acid groups (broad SMARTS) is 1. The summed E-state index contributed by atoms with van der Waals surface area (Å²) in [5.41, 5.74) is 0.898. The van der Waals surface area contributed by atoms with E-state index in [0.717, 1.165) is 17.0 Å². The molecule has 0 radical (unpaired) electrons. The number of carbonyl (C=O) groups is 2. The van der Waals surface area contributed by atoms with Crippen LogP contribution in [0.2, 0.25) is 0 Å². The topological polar surface area (TPSA) is 88.8 Å². The molecule has 1 aromatic heterocycles. The summed E-state index contributed by atoms with van der Waals surface area (Å²) in [4.78, 5) is 36.0. The van der Waals surface area contributed by atoms with Crippen LogP contribution in [0.3, 0.4) is 0 Å². The molecule has 1 aliphatic heterocycles. The van der Waals surface area contributed by atoms with E-state index in [1.165, 1.54) is 4.90 Å². The fraction of sp³-hybridized carbons (Fsp3) is 0.615. The molecule has 1 N–H and O–H groups in total. The molecule has 8 heteroatoms. The summed E-state index contributed by atoms with van der Waals surface area (Å²) in [5.74, 6) is -1.14. The first-order chi connectivity index (χ1) is 9.99. The van der Waals surface area contributed by atoms with Crippen LogP contribution < -0.4 is 4.87 Å². The van der Waals surface area contributed by atoms with Crippen molar-refractivity contribution in [2.45, 2.75) is 32.4 Å². The van der Waals surface area contributed by atoms with Gasteiger partial charge in [-0.15, -0.1) is 0 Å². The van der Waals surface area contributed by atoms with Gasteiger partial charge in [0.2, 0.25) is 5.91 Å². The van der Waals surface area contributed by atoms with E-state index in [1.54, 1.807) is 9.95 Å². The molecule has 1 amide bonds. The number of hydrogen-bond acceptors (Lipinski definition) is 5. The molecule has 0 bridgehead atoms. The first-order valence-corrected chi connectivity index (χ1v) is 7.64. The van der Waals surface area contributed by atoms with Crippen molar-refractivity contribution < 1.29 is 19.4 Å². The fourth-order valence-corrected chi connectivity index (χ4v) is 3.01. The van der Waals surface area contributed by atoms with E-state index in [9.17, 15) is 14.4 Å². The molecule has 1 saturated heterocycles. The molecular weight excluding hydrogens is 296 g/mol. The van der Waals surface area contributed by atoms with Crippen LogP contribution >= 0.6 is 11.3 Å². The number of morpholine rings is 1. The predicted molar refractivity (Wildman–Crippen MR) is 76.5 cm³/mol. The molecule has 1 atom stereocenters. The van der Waals surface area contributed by atoms with E-state index in [0.29, 0.717) is 25.9 Å². The zero-order valence-electron chi connectivity index (χ0n) is 11.8. The summed E-state index contributed by atoms with van der Waals surface area (Å²) < 4.78 is 6.73. The van der Waals surface area contributed by atoms with Gasteiger partial charge in [0.1, 0.15) is 0 Å². The molecule has 7 nitrogen and oxygen atoms in total. The molecule has 0 aromatic carbocycles. The number of aromatic nitrogens is 1. The van der Waals surface area contributed by atoms with E-state index < -0.39 is 12.1 Å². The van der Waals surface area contributed by atoms with Crippen molar-refractivity contribution in [3.8, 4) is 0 Å². The molecular formula is C13H18N2O5S. The summed E-state index contributed by atoms with van der Waals surface area (Å²) in [5, 5.41) is 10.7. The second kappa shape index (κ2) is 6.86. The average molecular weight is 314 g/mol. The number of aryl methyl sites for hydroxylation is 1. The van der Waals surface area contributed by atoms with Crippen LogP contribution in [0.4, 0.5) is 0 Å². The second-order valence-corrected chi connectivity index (χ2v) is 5.76. The van der Waals surface area contributed by atoms with Crippen molar-refractivity contribution in [1.29, 1.82) is 0 Å². The normalized spacial score (nSPS) is 18.7. The van der Waals surface area contributed by atoms with E-state index in [1.807, 2.05) is 6.92 Å². The van der Waals surface area contributed by atoms with Gasteiger partial charge in [-0.3, -0.25) is 9.59 Å². The molecule has 1 unspecified atom stereocenters. The van der Waals surface area contributed by atoms with Crippen molar-refractivity contribution in [2.24, 2.45) is 0 Å². The summed E-state index contributed by atoms with van der Waals surface area (Å²) in [7, 11) is 0. The standard InChI is InChI=1S/C13H18N2O5S/c1-9-8-21-13(19)15(9)4-2-3-11(16)14-5-6-20-10(7-14)12(17)18/h8,10H,2-7H2,1H3,(H,17,18). The Balaban J connectivity index is 1.82. The van der Waals surface area contributed by atoms with Crippen LogP contribution in [0.5, 0.6) is 0 Å². The van der Waals surface area contributed by atoms with Gasteiger partial charge in [0, 0.05) is 30.6 Å². The first-order valence-electron chi connectivity index (χ1n) is 6.76. The van der Waals surface area contributed by atoms with E-state index in [4.69, 9.17) is 9.84 Å². The highest BCUT2D eigenvalue weighted by molar-refractivity contribution is 7.07. The molecule has 0 aliphatic carbocycles. The largest absolute Gasteiger partial charge is 0.479 e. The van der Waals surface area contributed by atoms with Crippen LogP contribution in [0.1, 0.15) is 18.5 Å². The van der Waals surface area contributed by atoms with Gasteiger partial charge in [0.25, 0.3) is 0 Å². The van der Waals surface area contributed by atoms with Crippen molar-refractivity contribution >= 4 is 23.2 Å². The maximum atomic E-state index is 12.1. The van der Waals surface area contributed by atoms with Crippen LogP contribution in [0.25, 0.3) is 0 Å². The Labute approximate surface area is 125 Å². The Morgan fingerprint density at radius 1 is 1.52 bits per heavy atom. The molecule has 21 heavy (non-hydrogen) atoms. The van der Waals surface area contributed by atoms with Gasteiger partial charge in [-0.2, -0.15) is 0 Å². The Hall–Kier alpha value is -1.67. The number of thiazole rings is 1. The quantitative estimate of drug-likeness (QED) is 0.845. The highest BCUT2D eigenvalue weighted by Gasteiger charge is 2.28. The Morgan fingerprint density at radius 3 is 2.90 bits per heavy atom. The number of rotatable bonds is 5. The molecule has 116 valence electrons. The van der Waals surface area contributed by atoms with Crippen LogP contribution in [-0.4, -0.2) is 52.3 Å². The highest BCUT2D eigenvalue weighted by Crippen LogP contribution is 2.09. The number of carboxylic acids is 1. The Kier molecular flexibility index (Phi) is 5.13. The zero-order valence-corrected chi connectivity index (χ0v) is 12.6. The van der Waals surface area contributed by atoms with Crippen LogP contribution in [0.15, 0.2) is 10.2 Å². The van der Waals surface area contributed by atoms with Gasteiger partial charge < -0.3 is 19.3 Å². The van der Waals surface area contributed by atoms with Gasteiger partial charge in [0.05, 0.1) is 13.2 Å². The number of carbonyl (C=O) groups excluding carboxylic acids is 1. The maximum Gasteiger partial charge on any atom is 0.334 e. The van der Waals surface area contributed by atoms with Crippen LogP contribution in [-0.2, 0) is 20.9 Å². The molecule has 1 aromatic rings. The monoisotopic (exact) mass is 314 g/mol. The lowest BCUT2D eigenvalue weighted by atomic mass is 10.2. The van der Waals surface area contributed by atoms with E-state index in [2.05, 4.69) is 0 Å². The SMILES string of the molecule is Cc1csc(=O)n1CCCC(=O)N1CCOC(C(=O)O)C1. The van der Waals surface area contributed by atoms with E-state index >= 15 is 0 Å². The highest BCUT2D eigenvalue weighted by atomic mass is 32.1. The molecule has 1 fully saturated rings. The molecule has 1 aliphatic rings. The van der Waals surface area contributed by atoms with E-state index in [-0.39, 0.29) is 23.9 Å². The van der Waals surface area contributed by atoms with Gasteiger partial charge in [-0.05, 0) is 13.3 Å². The Bertz CT molecular complexity index is 579. The summed E-state index contributed by atoms with van der Waals surface area (Å²) in [6, 6.07) is 0. The predicted octanol–water partition coefficient (Wildman–Crippen LogP) is 0.310. The fourth-order valence-electron chi connectivity index (χ4n) is 2.25. The minimum atomic E-state index is -1.05. The minimum Gasteiger partial charge on any atom is -0.479 e. The lowest BCUT2D eigenvalue weighted by molar-refractivity contribution is -0.159. The minimum absolute atomic E-state index is 0.0164. The maximum absolute atomic E-state index is 12.1. The van der Waals surface area contributed by atoms with Crippen molar-refractivity contribution in [3.63, 3.8) is 0 Å². The molecule has 0 spiro atoms. The number of amides is 1. The van der Waals surface area contributed by atoms with Gasteiger partial charge in [0.15, 0.2) is 6.10 Å². The summed E-state index contributed by atoms with van der Waals surface area (Å²) in [6.07, 6.45) is -0.0797. The average Bonchev–Trinajstić information content (AvgIpc) is 2.79. The van der Waals surface area contributed by atoms with Crippen molar-refractivity contribution in [2.75, 3.05) is 19.7 Å². The molecule has 2 rings (SSSR count). The summed E-state index contributed by atoms with van der Waals surface area (Å²) >= 11 is 1.15. The molecule has 2 heterocycles. The zero-order chi connectivity index (χ0) is 15.4. The van der Waals surface area contributed by atoms with Gasteiger partial charge >= 0.3 is 10.8 Å². The lowest BCUT2D eigenvalue weighted by Gasteiger charge is -2.30. The Morgan fingerprint density at radius 2 is 2.29 bits per heavy atom. The van der Waals surface area contributed by atoms with Gasteiger partial charge in [-0.1, -0.05) is 11.3 Å². The lowest BCUT2D eigenvalue weighted by Crippen LogP contribution is -2.48. The second-order valence-electron chi connectivity index (χ2n) is 4.94. The van der Waals surface area contributed by atoms with Crippen LogP contribution in [0, 0.1) is 6.92 Å². The van der Waals surface area contributed by atoms with Gasteiger partial charge in [-0.25, -0.2) is 4.79 Å².